The number of carbonyl (C=O) groups excluding carboxylic acids is 1. The van der Waals surface area contributed by atoms with E-state index in [4.69, 9.17) is 11.6 Å². The van der Waals surface area contributed by atoms with Gasteiger partial charge in [0.2, 0.25) is 11.9 Å². The van der Waals surface area contributed by atoms with Gasteiger partial charge >= 0.3 is 0 Å². The van der Waals surface area contributed by atoms with Crippen molar-refractivity contribution in [3.8, 4) is 5.69 Å². The van der Waals surface area contributed by atoms with Gasteiger partial charge in [0.15, 0.2) is 5.16 Å². The van der Waals surface area contributed by atoms with Crippen molar-refractivity contribution >= 4 is 40.9 Å². The second kappa shape index (κ2) is 8.84. The van der Waals surface area contributed by atoms with Crippen LogP contribution in [0.4, 0.5) is 16.0 Å². The summed E-state index contributed by atoms with van der Waals surface area (Å²) in [4.78, 5) is 14.5. The zero-order chi connectivity index (χ0) is 20.2. The van der Waals surface area contributed by atoms with E-state index in [1.54, 1.807) is 12.1 Å². The number of nitrogens with zero attached hydrogens (tertiary/aromatic N) is 4. The third-order valence-electron chi connectivity index (χ3n) is 4.54. The van der Waals surface area contributed by atoms with E-state index in [2.05, 4.69) is 20.4 Å². The Morgan fingerprint density at radius 3 is 2.69 bits per heavy atom. The number of rotatable bonds is 6. The van der Waals surface area contributed by atoms with Crippen LogP contribution in [0.1, 0.15) is 12.8 Å². The molecule has 0 aliphatic carbocycles. The van der Waals surface area contributed by atoms with E-state index in [0.29, 0.717) is 15.9 Å². The average molecular weight is 432 g/mol. The molecule has 1 aliphatic heterocycles. The van der Waals surface area contributed by atoms with Crippen molar-refractivity contribution in [3.63, 3.8) is 0 Å². The molecule has 2 aromatic carbocycles. The number of carbonyl (C=O) groups is 1. The van der Waals surface area contributed by atoms with E-state index in [0.717, 1.165) is 37.6 Å². The standard InChI is InChI=1S/C20H19ClFN5OS/c21-16-8-1-2-9-17(16)27-19(26-10-3-4-11-26)24-25-20(27)29-13-18(28)23-15-7-5-6-14(22)12-15/h1-2,5-9,12H,3-4,10-11,13H2,(H,23,28). The summed E-state index contributed by atoms with van der Waals surface area (Å²) in [6, 6.07) is 13.3. The summed E-state index contributed by atoms with van der Waals surface area (Å²) in [5, 5.41) is 12.5. The van der Waals surface area contributed by atoms with Gasteiger partial charge in [-0.1, -0.05) is 41.6 Å². The summed E-state index contributed by atoms with van der Waals surface area (Å²) < 4.78 is 15.2. The molecule has 9 heteroatoms. The fourth-order valence-electron chi connectivity index (χ4n) is 3.21. The van der Waals surface area contributed by atoms with E-state index in [1.807, 2.05) is 28.8 Å². The summed E-state index contributed by atoms with van der Waals surface area (Å²) in [6.07, 6.45) is 2.21. The Balaban J connectivity index is 1.55. The summed E-state index contributed by atoms with van der Waals surface area (Å²) >= 11 is 7.69. The second-order valence-corrected chi connectivity index (χ2v) is 7.96. The van der Waals surface area contributed by atoms with Gasteiger partial charge in [-0.25, -0.2) is 4.39 Å². The van der Waals surface area contributed by atoms with Gasteiger partial charge in [-0.05, 0) is 43.2 Å². The summed E-state index contributed by atoms with van der Waals surface area (Å²) in [6.45, 7) is 1.82. The molecule has 1 aliphatic rings. The van der Waals surface area contributed by atoms with Crippen molar-refractivity contribution in [2.75, 3.05) is 29.1 Å². The third kappa shape index (κ3) is 4.54. The molecule has 6 nitrogen and oxygen atoms in total. The maximum atomic E-state index is 13.3. The van der Waals surface area contributed by atoms with Crippen molar-refractivity contribution in [1.29, 1.82) is 0 Å². The number of thioether (sulfide) groups is 1. The maximum Gasteiger partial charge on any atom is 0.234 e. The van der Waals surface area contributed by atoms with Crippen molar-refractivity contribution < 1.29 is 9.18 Å². The minimum absolute atomic E-state index is 0.110. The molecule has 0 radical (unpaired) electrons. The van der Waals surface area contributed by atoms with Gasteiger partial charge in [-0.3, -0.25) is 9.36 Å². The smallest absolute Gasteiger partial charge is 0.234 e. The van der Waals surface area contributed by atoms with Gasteiger partial charge < -0.3 is 10.2 Å². The zero-order valence-corrected chi connectivity index (χ0v) is 17.1. The maximum absolute atomic E-state index is 13.3. The lowest BCUT2D eigenvalue weighted by Gasteiger charge is -2.19. The van der Waals surface area contributed by atoms with Crippen LogP contribution < -0.4 is 10.2 Å². The Labute approximate surface area is 177 Å². The van der Waals surface area contributed by atoms with E-state index in [9.17, 15) is 9.18 Å². The molecule has 1 fully saturated rings. The van der Waals surface area contributed by atoms with E-state index >= 15 is 0 Å². The number of amides is 1. The lowest BCUT2D eigenvalue weighted by molar-refractivity contribution is -0.113. The number of anilines is 2. The van der Waals surface area contributed by atoms with Gasteiger partial charge in [0.1, 0.15) is 5.82 Å². The lowest BCUT2D eigenvalue weighted by Crippen LogP contribution is -2.22. The number of hydrogen-bond acceptors (Lipinski definition) is 5. The number of aromatic nitrogens is 3. The minimum atomic E-state index is -0.399. The molecule has 29 heavy (non-hydrogen) atoms. The molecule has 1 aromatic heterocycles. The fraction of sp³-hybridized carbons (Fsp3) is 0.250. The zero-order valence-electron chi connectivity index (χ0n) is 15.5. The fourth-order valence-corrected chi connectivity index (χ4v) is 4.18. The summed E-state index contributed by atoms with van der Waals surface area (Å²) in [7, 11) is 0. The SMILES string of the molecule is O=C(CSc1nnc(N2CCCC2)n1-c1ccccc1Cl)Nc1cccc(F)c1. The van der Waals surface area contributed by atoms with Crippen molar-refractivity contribution in [2.45, 2.75) is 18.0 Å². The number of benzene rings is 2. The Morgan fingerprint density at radius 2 is 1.93 bits per heavy atom. The topological polar surface area (TPSA) is 63.1 Å². The number of hydrogen-bond donors (Lipinski definition) is 1. The normalized spacial score (nSPS) is 13.7. The van der Waals surface area contributed by atoms with Gasteiger partial charge in [0, 0.05) is 18.8 Å². The second-order valence-electron chi connectivity index (χ2n) is 6.61. The van der Waals surface area contributed by atoms with Crippen LogP contribution in [0.3, 0.4) is 0 Å². The first-order valence-corrected chi connectivity index (χ1v) is 10.6. The monoisotopic (exact) mass is 431 g/mol. The highest BCUT2D eigenvalue weighted by Crippen LogP contribution is 2.31. The third-order valence-corrected chi connectivity index (χ3v) is 5.79. The highest BCUT2D eigenvalue weighted by molar-refractivity contribution is 7.99. The van der Waals surface area contributed by atoms with Crippen LogP contribution in [0, 0.1) is 5.82 Å². The van der Waals surface area contributed by atoms with Gasteiger partial charge in [-0.2, -0.15) is 0 Å². The quantitative estimate of drug-likeness (QED) is 0.586. The molecule has 0 unspecified atom stereocenters. The highest BCUT2D eigenvalue weighted by atomic mass is 35.5. The lowest BCUT2D eigenvalue weighted by atomic mass is 10.3. The van der Waals surface area contributed by atoms with Crippen LogP contribution in [0.2, 0.25) is 5.02 Å². The molecule has 1 amide bonds. The number of halogens is 2. The van der Waals surface area contributed by atoms with Crippen LogP contribution in [0.25, 0.3) is 5.69 Å². The average Bonchev–Trinajstić information content (AvgIpc) is 3.36. The first-order chi connectivity index (χ1) is 14.1. The summed E-state index contributed by atoms with van der Waals surface area (Å²) in [5.41, 5.74) is 1.19. The number of para-hydroxylation sites is 1. The Kier molecular flexibility index (Phi) is 6.01. The van der Waals surface area contributed by atoms with Crippen LogP contribution in [0.5, 0.6) is 0 Å². The van der Waals surface area contributed by atoms with Gasteiger partial charge in [0.25, 0.3) is 0 Å². The van der Waals surface area contributed by atoms with Gasteiger partial charge in [0.05, 0.1) is 16.5 Å². The Hall–Kier alpha value is -2.58. The van der Waals surface area contributed by atoms with Crippen molar-refractivity contribution in [1.82, 2.24) is 14.8 Å². The molecule has 4 rings (SSSR count). The van der Waals surface area contributed by atoms with Crippen molar-refractivity contribution in [2.24, 2.45) is 0 Å². The van der Waals surface area contributed by atoms with Crippen LogP contribution in [-0.4, -0.2) is 39.5 Å². The van der Waals surface area contributed by atoms with E-state index in [1.165, 1.54) is 23.9 Å². The van der Waals surface area contributed by atoms with Crippen LogP contribution >= 0.6 is 23.4 Å². The molecule has 0 spiro atoms. The van der Waals surface area contributed by atoms with Crippen LogP contribution in [0.15, 0.2) is 53.7 Å². The molecule has 3 aromatic rings. The van der Waals surface area contributed by atoms with E-state index in [-0.39, 0.29) is 11.7 Å². The molecule has 0 bridgehead atoms. The first-order valence-electron chi connectivity index (χ1n) is 9.25. The summed E-state index contributed by atoms with van der Waals surface area (Å²) in [5.74, 6) is 0.184. The Bertz CT molecular complexity index is 1020. The Morgan fingerprint density at radius 1 is 1.14 bits per heavy atom. The first kappa shape index (κ1) is 19.7. The van der Waals surface area contributed by atoms with E-state index < -0.39 is 5.82 Å². The number of nitrogens with one attached hydrogen (secondary N) is 1. The predicted octanol–water partition coefficient (Wildman–Crippen LogP) is 4.39. The highest BCUT2D eigenvalue weighted by Gasteiger charge is 2.23. The molecule has 0 atom stereocenters. The molecule has 150 valence electrons. The van der Waals surface area contributed by atoms with Crippen molar-refractivity contribution in [3.05, 3.63) is 59.4 Å². The van der Waals surface area contributed by atoms with Gasteiger partial charge in [-0.15, -0.1) is 10.2 Å². The molecular formula is C20H19ClFN5OS. The molecular weight excluding hydrogens is 413 g/mol. The minimum Gasteiger partial charge on any atom is -0.341 e. The molecule has 1 saturated heterocycles. The molecule has 0 saturated carbocycles. The largest absolute Gasteiger partial charge is 0.341 e. The molecule has 1 N–H and O–H groups in total. The van der Waals surface area contributed by atoms with Crippen LogP contribution in [-0.2, 0) is 4.79 Å². The molecule has 2 heterocycles. The predicted molar refractivity (Wildman–Crippen MR) is 114 cm³/mol.